The fourth-order valence-electron chi connectivity index (χ4n) is 1.34. The summed E-state index contributed by atoms with van der Waals surface area (Å²) in [7, 11) is -1.11. The lowest BCUT2D eigenvalue weighted by molar-refractivity contribution is 0.256. The zero-order valence-corrected chi connectivity index (χ0v) is 11.0. The van der Waals surface area contributed by atoms with Crippen LogP contribution < -0.4 is 0 Å². The Morgan fingerprint density at radius 2 is 1.80 bits per heavy atom. The van der Waals surface area contributed by atoms with E-state index in [1.807, 2.05) is 11.9 Å². The summed E-state index contributed by atoms with van der Waals surface area (Å²) in [4.78, 5) is 2.00. The predicted octanol–water partition coefficient (Wildman–Crippen LogP) is 0.514. The third-order valence-electron chi connectivity index (χ3n) is 2.60. The van der Waals surface area contributed by atoms with E-state index in [4.69, 9.17) is 5.11 Å². The van der Waals surface area contributed by atoms with Crippen LogP contribution >= 0.6 is 0 Å². The lowest BCUT2D eigenvalue weighted by atomic mass is 10.2. The molecule has 0 atom stereocenters. The zero-order valence-electron chi connectivity index (χ0n) is 10.2. The van der Waals surface area contributed by atoms with Gasteiger partial charge in [-0.1, -0.05) is 0 Å². The van der Waals surface area contributed by atoms with Crippen molar-refractivity contribution < 1.29 is 13.5 Å². The van der Waals surface area contributed by atoms with Gasteiger partial charge in [0.1, 0.15) is 0 Å². The van der Waals surface area contributed by atoms with Crippen molar-refractivity contribution in [3.63, 3.8) is 0 Å². The molecule has 0 fully saturated rings. The van der Waals surface area contributed by atoms with E-state index in [0.717, 1.165) is 19.4 Å². The molecule has 1 N–H and O–H groups in total. The second-order valence-corrected chi connectivity index (χ2v) is 7.35. The molecule has 0 aromatic heterocycles. The Kier molecular flexibility index (Phi) is 5.77. The highest BCUT2D eigenvalue weighted by Crippen LogP contribution is 2.16. The number of hydrogen-bond donors (Lipinski definition) is 1. The van der Waals surface area contributed by atoms with E-state index in [-0.39, 0.29) is 6.61 Å². The van der Waals surface area contributed by atoms with Crippen molar-refractivity contribution in [3.8, 4) is 0 Å². The molecule has 0 saturated heterocycles. The van der Waals surface area contributed by atoms with Crippen molar-refractivity contribution in [2.75, 3.05) is 33.0 Å². The summed E-state index contributed by atoms with van der Waals surface area (Å²) < 4.78 is 22.2. The van der Waals surface area contributed by atoms with Crippen molar-refractivity contribution in [3.05, 3.63) is 0 Å². The van der Waals surface area contributed by atoms with E-state index in [1.54, 1.807) is 13.8 Å². The molecular formula is C10H23NO3S. The van der Waals surface area contributed by atoms with Crippen molar-refractivity contribution in [1.82, 2.24) is 4.90 Å². The first-order chi connectivity index (χ1) is 6.70. The average molecular weight is 237 g/mol. The van der Waals surface area contributed by atoms with Crippen molar-refractivity contribution in [2.45, 2.75) is 31.4 Å². The molecule has 15 heavy (non-hydrogen) atoms. The molecule has 0 bridgehead atoms. The molecule has 0 aromatic carbocycles. The van der Waals surface area contributed by atoms with Gasteiger partial charge in [0.15, 0.2) is 9.84 Å². The van der Waals surface area contributed by atoms with E-state index in [0.29, 0.717) is 6.54 Å². The Balaban J connectivity index is 4.11. The second-order valence-electron chi connectivity index (χ2n) is 4.70. The van der Waals surface area contributed by atoms with Gasteiger partial charge < -0.3 is 10.0 Å². The largest absolute Gasteiger partial charge is 0.396 e. The van der Waals surface area contributed by atoms with Crippen LogP contribution in [-0.2, 0) is 9.84 Å². The lowest BCUT2D eigenvalue weighted by Crippen LogP contribution is -2.42. The first-order valence-corrected chi connectivity index (χ1v) is 7.09. The Morgan fingerprint density at radius 3 is 2.20 bits per heavy atom. The third-order valence-corrected chi connectivity index (χ3v) is 4.74. The van der Waals surface area contributed by atoms with Crippen LogP contribution in [0.15, 0.2) is 0 Å². The summed E-state index contributed by atoms with van der Waals surface area (Å²) in [5.41, 5.74) is 0. The van der Waals surface area contributed by atoms with Crippen molar-refractivity contribution >= 4 is 9.84 Å². The SMILES string of the molecule is CN(CCCCO)CC(C)(C)S(C)(=O)=O. The summed E-state index contributed by atoms with van der Waals surface area (Å²) in [5.74, 6) is 0. The molecule has 0 aliphatic carbocycles. The molecule has 0 saturated carbocycles. The van der Waals surface area contributed by atoms with Gasteiger partial charge in [-0.05, 0) is 40.3 Å². The number of aliphatic hydroxyl groups excluding tert-OH is 1. The van der Waals surface area contributed by atoms with Gasteiger partial charge in [-0.25, -0.2) is 8.42 Å². The maximum Gasteiger partial charge on any atom is 0.153 e. The molecule has 0 radical (unpaired) electrons. The predicted molar refractivity (Wildman–Crippen MR) is 62.7 cm³/mol. The quantitative estimate of drug-likeness (QED) is 0.656. The van der Waals surface area contributed by atoms with Gasteiger partial charge in [-0.3, -0.25) is 0 Å². The minimum Gasteiger partial charge on any atom is -0.396 e. The standard InChI is InChI=1S/C10H23NO3S/c1-10(2,15(4,13)14)9-11(3)7-5-6-8-12/h12H,5-9H2,1-4H3. The maximum atomic E-state index is 11.5. The summed E-state index contributed by atoms with van der Waals surface area (Å²) in [6.45, 7) is 5.02. The minimum absolute atomic E-state index is 0.198. The van der Waals surface area contributed by atoms with Gasteiger partial charge in [-0.15, -0.1) is 0 Å². The lowest BCUT2D eigenvalue weighted by Gasteiger charge is -2.28. The van der Waals surface area contributed by atoms with E-state index < -0.39 is 14.6 Å². The zero-order chi connectivity index (χ0) is 12.1. The van der Waals surface area contributed by atoms with Crippen molar-refractivity contribution in [2.24, 2.45) is 0 Å². The first kappa shape index (κ1) is 14.9. The maximum absolute atomic E-state index is 11.5. The van der Waals surface area contributed by atoms with Crippen LogP contribution in [0.1, 0.15) is 26.7 Å². The van der Waals surface area contributed by atoms with Crippen LogP contribution in [-0.4, -0.2) is 56.2 Å². The molecule has 0 aliphatic rings. The molecule has 0 aromatic rings. The summed E-state index contributed by atoms with van der Waals surface area (Å²) in [6.07, 6.45) is 2.94. The normalized spacial score (nSPS) is 13.5. The minimum atomic E-state index is -3.02. The van der Waals surface area contributed by atoms with Crippen LogP contribution in [0.2, 0.25) is 0 Å². The number of unbranched alkanes of at least 4 members (excludes halogenated alkanes) is 1. The van der Waals surface area contributed by atoms with Crippen LogP contribution in [0, 0.1) is 0 Å². The molecule has 4 nitrogen and oxygen atoms in total. The van der Waals surface area contributed by atoms with E-state index in [1.165, 1.54) is 6.26 Å². The van der Waals surface area contributed by atoms with Gasteiger partial charge >= 0.3 is 0 Å². The highest BCUT2D eigenvalue weighted by molar-refractivity contribution is 7.92. The molecule has 0 unspecified atom stereocenters. The van der Waals surface area contributed by atoms with Gasteiger partial charge in [0, 0.05) is 19.4 Å². The first-order valence-electron chi connectivity index (χ1n) is 5.20. The molecule has 0 aliphatic heterocycles. The monoisotopic (exact) mass is 237 g/mol. The molecule has 0 spiro atoms. The van der Waals surface area contributed by atoms with E-state index >= 15 is 0 Å². The summed E-state index contributed by atoms with van der Waals surface area (Å²) in [6, 6.07) is 0. The highest BCUT2D eigenvalue weighted by atomic mass is 32.2. The summed E-state index contributed by atoms with van der Waals surface area (Å²) >= 11 is 0. The fourth-order valence-corrected chi connectivity index (χ4v) is 1.79. The van der Waals surface area contributed by atoms with E-state index in [9.17, 15) is 8.42 Å². The van der Waals surface area contributed by atoms with Crippen LogP contribution in [0.25, 0.3) is 0 Å². The molecule has 0 rings (SSSR count). The fraction of sp³-hybridized carbons (Fsp3) is 1.00. The van der Waals surface area contributed by atoms with Crippen LogP contribution in [0.3, 0.4) is 0 Å². The molecule has 0 amide bonds. The summed E-state index contributed by atoms with van der Waals surface area (Å²) in [5, 5.41) is 8.63. The van der Waals surface area contributed by atoms with E-state index in [2.05, 4.69) is 0 Å². The number of aliphatic hydroxyl groups is 1. The Bertz CT molecular complexity index is 272. The molecular weight excluding hydrogens is 214 g/mol. The Morgan fingerprint density at radius 1 is 1.27 bits per heavy atom. The van der Waals surface area contributed by atoms with Crippen LogP contribution in [0.4, 0.5) is 0 Å². The number of nitrogens with zero attached hydrogens (tertiary/aromatic N) is 1. The second kappa shape index (κ2) is 5.82. The molecule has 92 valence electrons. The topological polar surface area (TPSA) is 57.6 Å². The van der Waals surface area contributed by atoms with Gasteiger partial charge in [-0.2, -0.15) is 0 Å². The van der Waals surface area contributed by atoms with Gasteiger partial charge in [0.05, 0.1) is 4.75 Å². The molecule has 5 heteroatoms. The number of rotatable bonds is 7. The van der Waals surface area contributed by atoms with Gasteiger partial charge in [0.2, 0.25) is 0 Å². The average Bonchev–Trinajstić information content (AvgIpc) is 2.01. The third kappa shape index (κ3) is 5.49. The Hall–Kier alpha value is -0.130. The number of sulfone groups is 1. The van der Waals surface area contributed by atoms with Crippen LogP contribution in [0.5, 0.6) is 0 Å². The smallest absolute Gasteiger partial charge is 0.153 e. The Labute approximate surface area is 93.2 Å². The number of hydrogen-bond acceptors (Lipinski definition) is 4. The van der Waals surface area contributed by atoms with Gasteiger partial charge in [0.25, 0.3) is 0 Å². The van der Waals surface area contributed by atoms with Crippen molar-refractivity contribution in [1.29, 1.82) is 0 Å². The molecule has 0 heterocycles. The highest BCUT2D eigenvalue weighted by Gasteiger charge is 2.31.